The van der Waals surface area contributed by atoms with E-state index in [1.165, 1.54) is 11.0 Å². The quantitative estimate of drug-likeness (QED) is 0.815. The Morgan fingerprint density at radius 1 is 1.27 bits per heavy atom. The fourth-order valence-corrected chi connectivity index (χ4v) is 3.05. The van der Waals surface area contributed by atoms with Crippen LogP contribution >= 0.6 is 0 Å². The highest BCUT2D eigenvalue weighted by Crippen LogP contribution is 2.35. The fourth-order valence-electron chi connectivity index (χ4n) is 3.05. The molecule has 0 aliphatic carbocycles. The highest BCUT2D eigenvalue weighted by Gasteiger charge is 2.40. The molecule has 1 saturated heterocycles. The predicted molar refractivity (Wildman–Crippen MR) is 76.8 cm³/mol. The van der Waals surface area contributed by atoms with Crippen LogP contribution in [0.5, 0.6) is 0 Å². The Labute approximate surface area is 126 Å². The largest absolute Gasteiger partial charge is 0.375 e. The molecule has 1 N–H and O–H groups in total. The molecule has 6 nitrogen and oxygen atoms in total. The van der Waals surface area contributed by atoms with Crippen LogP contribution in [0.4, 0.5) is 10.1 Å². The highest BCUT2D eigenvalue weighted by atomic mass is 19.1. The van der Waals surface area contributed by atoms with Crippen LogP contribution in [0.25, 0.3) is 0 Å². The van der Waals surface area contributed by atoms with E-state index in [1.54, 1.807) is 25.1 Å². The summed E-state index contributed by atoms with van der Waals surface area (Å²) in [5.74, 6) is -1.63. The fraction of sp³-hybridized carbons (Fsp3) is 0.400. The van der Waals surface area contributed by atoms with Crippen molar-refractivity contribution in [1.82, 2.24) is 10.2 Å². The third-order valence-electron chi connectivity index (χ3n) is 4.06. The minimum Gasteiger partial charge on any atom is -0.375 e. The number of piperidine rings is 1. The molecule has 0 bridgehead atoms. The molecule has 2 heterocycles. The first-order chi connectivity index (χ1) is 10.4. The maximum Gasteiger partial charge on any atom is 0.257 e. The maximum absolute atomic E-state index is 14.0. The Hall–Kier alpha value is -2.44. The van der Waals surface area contributed by atoms with Crippen LogP contribution in [0.3, 0.4) is 0 Å². The van der Waals surface area contributed by atoms with Gasteiger partial charge in [0, 0.05) is 27.1 Å². The van der Waals surface area contributed by atoms with Gasteiger partial charge in [-0.05, 0) is 18.1 Å². The lowest BCUT2D eigenvalue weighted by Gasteiger charge is -2.29. The molecule has 1 atom stereocenters. The van der Waals surface area contributed by atoms with Crippen LogP contribution in [0.2, 0.25) is 0 Å². The van der Waals surface area contributed by atoms with Crippen LogP contribution in [0.1, 0.15) is 28.8 Å². The number of amides is 3. The standard InChI is InChI=1S/C15H16FN3O3/c1-18(2)13-9(16)4-3-8-7-19(15(22)12(8)13)10-5-6-11(20)17-14(10)21/h3-4,10H,5-7H2,1-2H3,(H,17,20,21). The van der Waals surface area contributed by atoms with Gasteiger partial charge in [-0.1, -0.05) is 6.07 Å². The van der Waals surface area contributed by atoms with Crippen molar-refractivity contribution in [2.45, 2.75) is 25.4 Å². The molecule has 3 amide bonds. The highest BCUT2D eigenvalue weighted by molar-refractivity contribution is 6.08. The van der Waals surface area contributed by atoms with Gasteiger partial charge in [-0.3, -0.25) is 19.7 Å². The van der Waals surface area contributed by atoms with Gasteiger partial charge in [-0.15, -0.1) is 0 Å². The number of halogens is 1. The van der Waals surface area contributed by atoms with Gasteiger partial charge in [0.25, 0.3) is 5.91 Å². The second kappa shape index (κ2) is 5.08. The molecule has 2 aliphatic heterocycles. The Kier molecular flexibility index (Phi) is 3.35. The molecule has 0 aromatic heterocycles. The van der Waals surface area contributed by atoms with Crippen molar-refractivity contribution in [3.8, 4) is 0 Å². The van der Waals surface area contributed by atoms with Gasteiger partial charge in [-0.25, -0.2) is 4.39 Å². The summed E-state index contributed by atoms with van der Waals surface area (Å²) >= 11 is 0. The molecule has 1 aromatic carbocycles. The molecule has 1 unspecified atom stereocenters. The van der Waals surface area contributed by atoms with E-state index >= 15 is 0 Å². The van der Waals surface area contributed by atoms with E-state index in [2.05, 4.69) is 5.32 Å². The summed E-state index contributed by atoms with van der Waals surface area (Å²) in [6.45, 7) is 0.252. The minimum absolute atomic E-state index is 0.200. The molecule has 0 saturated carbocycles. The smallest absolute Gasteiger partial charge is 0.257 e. The SMILES string of the molecule is CN(C)c1c(F)ccc2c1C(=O)N(C1CCC(=O)NC1=O)C2. The summed E-state index contributed by atoms with van der Waals surface area (Å²) in [7, 11) is 3.33. The number of fused-ring (bicyclic) bond motifs is 1. The summed E-state index contributed by atoms with van der Waals surface area (Å²) < 4.78 is 14.0. The van der Waals surface area contributed by atoms with Crippen molar-refractivity contribution in [3.05, 3.63) is 29.1 Å². The van der Waals surface area contributed by atoms with E-state index in [-0.39, 0.29) is 30.5 Å². The first-order valence-electron chi connectivity index (χ1n) is 7.03. The molecule has 1 aromatic rings. The number of carbonyl (C=O) groups is 3. The summed E-state index contributed by atoms with van der Waals surface area (Å²) in [6, 6.07) is 2.22. The summed E-state index contributed by atoms with van der Waals surface area (Å²) in [5, 5.41) is 2.25. The van der Waals surface area contributed by atoms with Gasteiger partial charge in [-0.2, -0.15) is 0 Å². The number of carbonyl (C=O) groups excluding carboxylic acids is 3. The number of anilines is 1. The third kappa shape index (κ3) is 2.13. The number of nitrogens with zero attached hydrogens (tertiary/aromatic N) is 2. The third-order valence-corrected chi connectivity index (χ3v) is 4.06. The van der Waals surface area contributed by atoms with Crippen LogP contribution in [0.15, 0.2) is 12.1 Å². The number of hydrogen-bond donors (Lipinski definition) is 1. The summed E-state index contributed by atoms with van der Waals surface area (Å²) in [6.07, 6.45) is 0.496. The van der Waals surface area contributed by atoms with Crippen LogP contribution in [-0.4, -0.2) is 42.8 Å². The van der Waals surface area contributed by atoms with Gasteiger partial charge in [0.15, 0.2) is 0 Å². The van der Waals surface area contributed by atoms with E-state index in [4.69, 9.17) is 0 Å². The molecule has 3 rings (SSSR count). The molecule has 2 aliphatic rings. The average Bonchev–Trinajstić information content (AvgIpc) is 2.76. The number of benzene rings is 1. The van der Waals surface area contributed by atoms with Crippen molar-refractivity contribution in [3.63, 3.8) is 0 Å². The molecule has 0 radical (unpaired) electrons. The molecule has 1 fully saturated rings. The van der Waals surface area contributed by atoms with Gasteiger partial charge in [0.05, 0.1) is 11.3 Å². The van der Waals surface area contributed by atoms with Gasteiger partial charge >= 0.3 is 0 Å². The molecular weight excluding hydrogens is 289 g/mol. The average molecular weight is 305 g/mol. The second-order valence-electron chi connectivity index (χ2n) is 5.72. The molecule has 22 heavy (non-hydrogen) atoms. The molecule has 7 heteroatoms. The second-order valence-corrected chi connectivity index (χ2v) is 5.72. The Balaban J connectivity index is 1.97. The molecule has 0 spiro atoms. The first kappa shape index (κ1) is 14.5. The lowest BCUT2D eigenvalue weighted by atomic mass is 10.0. The van der Waals surface area contributed by atoms with E-state index in [1.807, 2.05) is 0 Å². The first-order valence-corrected chi connectivity index (χ1v) is 7.03. The number of hydrogen-bond acceptors (Lipinski definition) is 4. The van der Waals surface area contributed by atoms with Crippen LogP contribution in [-0.2, 0) is 16.1 Å². The lowest BCUT2D eigenvalue weighted by molar-refractivity contribution is -0.136. The topological polar surface area (TPSA) is 69.7 Å². The predicted octanol–water partition coefficient (Wildman–Crippen LogP) is 0.653. The summed E-state index contributed by atoms with van der Waals surface area (Å²) in [4.78, 5) is 38.8. The Morgan fingerprint density at radius 2 is 2.00 bits per heavy atom. The normalized spacial score (nSPS) is 21.0. The van der Waals surface area contributed by atoms with E-state index in [0.29, 0.717) is 17.5 Å². The zero-order valence-corrected chi connectivity index (χ0v) is 12.4. The van der Waals surface area contributed by atoms with Gasteiger partial charge in [0.1, 0.15) is 11.9 Å². The van der Waals surface area contributed by atoms with Crippen molar-refractivity contribution in [1.29, 1.82) is 0 Å². The maximum atomic E-state index is 14.0. The van der Waals surface area contributed by atoms with Gasteiger partial charge < -0.3 is 9.80 Å². The van der Waals surface area contributed by atoms with E-state index in [9.17, 15) is 18.8 Å². The van der Waals surface area contributed by atoms with E-state index in [0.717, 1.165) is 0 Å². The Morgan fingerprint density at radius 3 is 2.64 bits per heavy atom. The zero-order valence-electron chi connectivity index (χ0n) is 12.4. The van der Waals surface area contributed by atoms with Crippen molar-refractivity contribution < 1.29 is 18.8 Å². The molecular formula is C15H16FN3O3. The monoisotopic (exact) mass is 305 g/mol. The van der Waals surface area contributed by atoms with Crippen LogP contribution < -0.4 is 10.2 Å². The number of nitrogens with one attached hydrogen (secondary N) is 1. The van der Waals surface area contributed by atoms with E-state index < -0.39 is 17.8 Å². The van der Waals surface area contributed by atoms with Crippen molar-refractivity contribution in [2.24, 2.45) is 0 Å². The Bertz CT molecular complexity index is 687. The number of imide groups is 1. The van der Waals surface area contributed by atoms with Gasteiger partial charge in [0.2, 0.25) is 11.8 Å². The summed E-state index contributed by atoms with van der Waals surface area (Å²) in [5.41, 5.74) is 1.23. The van der Waals surface area contributed by atoms with Crippen LogP contribution in [0, 0.1) is 5.82 Å². The molecule has 116 valence electrons. The lowest BCUT2D eigenvalue weighted by Crippen LogP contribution is -2.52. The van der Waals surface area contributed by atoms with Crippen molar-refractivity contribution >= 4 is 23.4 Å². The van der Waals surface area contributed by atoms with Crippen molar-refractivity contribution in [2.75, 3.05) is 19.0 Å². The zero-order chi connectivity index (χ0) is 16.0. The number of rotatable bonds is 2. The minimum atomic E-state index is -0.685.